The second-order valence-electron chi connectivity index (χ2n) is 8.21. The first-order chi connectivity index (χ1) is 12.4. The normalized spacial score (nSPS) is 13.1. The molecule has 2 aromatic heterocycles. The predicted octanol–water partition coefficient (Wildman–Crippen LogP) is 5.04. The Labute approximate surface area is 153 Å². The molecule has 0 fully saturated rings. The third-order valence-corrected chi connectivity index (χ3v) is 7.42. The van der Waals surface area contributed by atoms with Crippen LogP contribution >= 0.6 is 0 Å². The maximum absolute atomic E-state index is 6.51. The molecule has 1 aliphatic heterocycles. The summed E-state index contributed by atoms with van der Waals surface area (Å²) in [5, 5.41) is 3.76. The smallest absolute Gasteiger partial charge is 0.256 e. The van der Waals surface area contributed by atoms with Crippen molar-refractivity contribution in [1.82, 2.24) is 0 Å². The van der Waals surface area contributed by atoms with Crippen molar-refractivity contribution in [2.75, 3.05) is 0 Å². The molecule has 4 aromatic rings. The van der Waals surface area contributed by atoms with Gasteiger partial charge in [0.05, 0.1) is 19.0 Å². The molecule has 4 heteroatoms. The van der Waals surface area contributed by atoms with Crippen molar-refractivity contribution in [1.29, 1.82) is 0 Å². The molecule has 0 atom stereocenters. The molecule has 26 heavy (non-hydrogen) atoms. The van der Waals surface area contributed by atoms with E-state index in [2.05, 4.69) is 68.5 Å². The highest BCUT2D eigenvalue weighted by Crippen LogP contribution is 2.47. The number of fused-ring (bicyclic) bond motifs is 3. The van der Waals surface area contributed by atoms with Crippen LogP contribution in [-0.2, 0) is 7.05 Å². The standard InChI is InChI=1S/C22H22NO2Si/c1-13-10-11-16-19-17(12-24-16)25-21-20(18(13)19)23(2)15-9-7-6-8-14(15)22(21)26(3,4)5/h6-12H,1-5H3/q+1. The number of hydrogen-bond acceptors (Lipinski definition) is 2. The van der Waals surface area contributed by atoms with Gasteiger partial charge in [0.25, 0.3) is 5.69 Å². The lowest BCUT2D eigenvalue weighted by atomic mass is 9.96. The van der Waals surface area contributed by atoms with E-state index in [1.54, 1.807) is 6.26 Å². The number of para-hydroxylation sites is 1. The Morgan fingerprint density at radius 2 is 1.77 bits per heavy atom. The lowest BCUT2D eigenvalue weighted by molar-refractivity contribution is -0.633. The van der Waals surface area contributed by atoms with E-state index < -0.39 is 8.07 Å². The van der Waals surface area contributed by atoms with Gasteiger partial charge in [0.2, 0.25) is 5.52 Å². The molecule has 0 saturated heterocycles. The van der Waals surface area contributed by atoms with Crippen molar-refractivity contribution in [3.05, 3.63) is 48.2 Å². The van der Waals surface area contributed by atoms with Crippen molar-refractivity contribution >= 4 is 35.1 Å². The summed E-state index contributed by atoms with van der Waals surface area (Å²) >= 11 is 0. The number of aryl methyl sites for hydroxylation is 2. The molecule has 0 bridgehead atoms. The van der Waals surface area contributed by atoms with Crippen LogP contribution in [0.2, 0.25) is 19.6 Å². The number of benzene rings is 2. The Morgan fingerprint density at radius 1 is 1.00 bits per heavy atom. The van der Waals surface area contributed by atoms with Gasteiger partial charge in [-0.15, -0.1) is 0 Å². The third-order valence-electron chi connectivity index (χ3n) is 5.43. The van der Waals surface area contributed by atoms with E-state index in [9.17, 15) is 0 Å². The van der Waals surface area contributed by atoms with Crippen LogP contribution in [0.15, 0.2) is 47.1 Å². The quantitative estimate of drug-likeness (QED) is 0.309. The maximum atomic E-state index is 6.51. The van der Waals surface area contributed by atoms with Crippen molar-refractivity contribution in [3.63, 3.8) is 0 Å². The van der Waals surface area contributed by atoms with Gasteiger partial charge in [0, 0.05) is 16.6 Å². The summed E-state index contributed by atoms with van der Waals surface area (Å²) in [5.74, 6) is 1.84. The molecule has 5 rings (SSSR count). The number of pyridine rings is 1. The number of rotatable bonds is 1. The van der Waals surface area contributed by atoms with Crippen molar-refractivity contribution < 1.29 is 13.7 Å². The number of aromatic nitrogens is 1. The molecular weight excluding hydrogens is 338 g/mol. The summed E-state index contributed by atoms with van der Waals surface area (Å²) in [5.41, 5.74) is 5.78. The van der Waals surface area contributed by atoms with Gasteiger partial charge in [-0.3, -0.25) is 0 Å². The minimum Gasteiger partial charge on any atom is -0.460 e. The zero-order valence-electron chi connectivity index (χ0n) is 15.8. The fourth-order valence-corrected chi connectivity index (χ4v) is 6.18. The summed E-state index contributed by atoms with van der Waals surface area (Å²) in [6.45, 7) is 9.33. The lowest BCUT2D eigenvalue weighted by Crippen LogP contribution is -2.45. The summed E-state index contributed by atoms with van der Waals surface area (Å²) in [7, 11) is 0.470. The Morgan fingerprint density at radius 3 is 2.54 bits per heavy atom. The zero-order valence-corrected chi connectivity index (χ0v) is 16.8. The second-order valence-corrected chi connectivity index (χ2v) is 13.2. The zero-order chi connectivity index (χ0) is 18.2. The number of furan rings is 1. The number of nitrogens with zero attached hydrogens (tertiary/aromatic N) is 1. The molecular formula is C22H22NO2Si+. The molecule has 3 heterocycles. The van der Waals surface area contributed by atoms with Crippen LogP contribution in [0.1, 0.15) is 5.56 Å². The van der Waals surface area contributed by atoms with E-state index in [-0.39, 0.29) is 0 Å². The summed E-state index contributed by atoms with van der Waals surface area (Å²) < 4.78 is 14.6. The second kappa shape index (κ2) is 4.98. The molecule has 0 radical (unpaired) electrons. The van der Waals surface area contributed by atoms with Crippen LogP contribution in [0.3, 0.4) is 0 Å². The number of hydrogen-bond donors (Lipinski definition) is 0. The van der Waals surface area contributed by atoms with E-state index in [1.807, 2.05) is 6.07 Å². The summed E-state index contributed by atoms with van der Waals surface area (Å²) in [6.07, 6.45) is 1.75. The van der Waals surface area contributed by atoms with Crippen molar-refractivity contribution in [3.8, 4) is 22.8 Å². The highest BCUT2D eigenvalue weighted by molar-refractivity contribution is 6.91. The molecule has 130 valence electrons. The highest BCUT2D eigenvalue weighted by atomic mass is 28.3. The van der Waals surface area contributed by atoms with Gasteiger partial charge >= 0.3 is 0 Å². The molecule has 1 aliphatic rings. The largest absolute Gasteiger partial charge is 0.460 e. The van der Waals surface area contributed by atoms with E-state index in [4.69, 9.17) is 9.15 Å². The Balaban J connectivity index is 2.06. The van der Waals surface area contributed by atoms with E-state index in [0.717, 1.165) is 28.2 Å². The molecule has 2 aromatic carbocycles. The first-order valence-electron chi connectivity index (χ1n) is 9.02. The van der Waals surface area contributed by atoms with E-state index in [1.165, 1.54) is 27.2 Å². The van der Waals surface area contributed by atoms with Crippen LogP contribution in [0, 0.1) is 6.92 Å². The van der Waals surface area contributed by atoms with Crippen LogP contribution in [0.25, 0.3) is 33.1 Å². The average molecular weight is 361 g/mol. The van der Waals surface area contributed by atoms with Gasteiger partial charge in [0.1, 0.15) is 18.9 Å². The first-order valence-corrected chi connectivity index (χ1v) is 12.5. The van der Waals surface area contributed by atoms with Gasteiger partial charge in [-0.2, -0.15) is 4.57 Å². The van der Waals surface area contributed by atoms with Gasteiger partial charge in [-0.25, -0.2) is 0 Å². The van der Waals surface area contributed by atoms with Crippen LogP contribution < -0.4 is 14.5 Å². The minimum absolute atomic E-state index is 0.834. The molecule has 0 amide bonds. The Hall–Kier alpha value is -2.59. The highest BCUT2D eigenvalue weighted by Gasteiger charge is 2.38. The maximum Gasteiger partial charge on any atom is 0.256 e. The van der Waals surface area contributed by atoms with Crippen LogP contribution in [-0.4, -0.2) is 8.07 Å². The Kier molecular flexibility index (Phi) is 3.00. The topological polar surface area (TPSA) is 26.2 Å². The van der Waals surface area contributed by atoms with Crippen molar-refractivity contribution in [2.24, 2.45) is 7.05 Å². The monoisotopic (exact) mass is 360 g/mol. The van der Waals surface area contributed by atoms with E-state index in [0.29, 0.717) is 0 Å². The fraction of sp³-hybridized carbons (Fsp3) is 0.227. The van der Waals surface area contributed by atoms with Crippen molar-refractivity contribution in [2.45, 2.75) is 26.6 Å². The lowest BCUT2D eigenvalue weighted by Gasteiger charge is -2.26. The molecule has 0 aliphatic carbocycles. The molecule has 0 saturated carbocycles. The van der Waals surface area contributed by atoms with Crippen LogP contribution in [0.4, 0.5) is 0 Å². The number of ether oxygens (including phenoxy) is 1. The average Bonchev–Trinajstić information content (AvgIpc) is 3.00. The molecule has 0 spiro atoms. The minimum atomic E-state index is -1.67. The summed E-state index contributed by atoms with van der Waals surface area (Å²) in [6, 6.07) is 12.8. The fourth-order valence-electron chi connectivity index (χ4n) is 4.31. The van der Waals surface area contributed by atoms with Crippen LogP contribution in [0.5, 0.6) is 11.5 Å². The van der Waals surface area contributed by atoms with Gasteiger partial charge in [0.15, 0.2) is 11.5 Å². The molecule has 3 nitrogen and oxygen atoms in total. The first kappa shape index (κ1) is 15.6. The van der Waals surface area contributed by atoms with E-state index >= 15 is 0 Å². The molecule has 0 N–H and O–H groups in total. The van der Waals surface area contributed by atoms with Gasteiger partial charge < -0.3 is 9.15 Å². The summed E-state index contributed by atoms with van der Waals surface area (Å²) in [4.78, 5) is 0. The SMILES string of the molecule is Cc1ccc2occ3c2c1-c1c(c([Si](C)(C)C)c2ccccc2[n+]1C)O3. The van der Waals surface area contributed by atoms with Gasteiger partial charge in [-0.1, -0.05) is 37.8 Å². The Bertz CT molecular complexity index is 1210. The van der Waals surface area contributed by atoms with Gasteiger partial charge in [-0.05, 0) is 24.6 Å². The third kappa shape index (κ3) is 1.91. The predicted molar refractivity (Wildman–Crippen MR) is 108 cm³/mol. The molecule has 0 unspecified atom stereocenters.